The third kappa shape index (κ3) is 3.80. The average molecular weight is 289 g/mol. The predicted octanol–water partition coefficient (Wildman–Crippen LogP) is 0.755. The fourth-order valence-electron chi connectivity index (χ4n) is 3.17. The van der Waals surface area contributed by atoms with Crippen molar-refractivity contribution in [3.8, 4) is 0 Å². The largest absolute Gasteiger partial charge is 0.379 e. The van der Waals surface area contributed by atoms with Crippen LogP contribution in [0.1, 0.15) is 18.4 Å². The Morgan fingerprint density at radius 2 is 2.05 bits per heavy atom. The lowest BCUT2D eigenvalue weighted by atomic mass is 9.93. The molecule has 0 aliphatic carbocycles. The van der Waals surface area contributed by atoms with Crippen LogP contribution in [0.3, 0.4) is 0 Å². The minimum absolute atomic E-state index is 0.139. The number of carbonyl (C=O) groups is 1. The molecule has 3 rings (SSSR count). The van der Waals surface area contributed by atoms with E-state index in [-0.39, 0.29) is 17.9 Å². The molecule has 2 saturated heterocycles. The van der Waals surface area contributed by atoms with Crippen molar-refractivity contribution in [1.29, 1.82) is 0 Å². The number of rotatable bonds is 4. The molecule has 0 unspecified atom stereocenters. The lowest BCUT2D eigenvalue weighted by molar-refractivity contribution is -0.126. The van der Waals surface area contributed by atoms with E-state index in [0.29, 0.717) is 12.5 Å². The Morgan fingerprint density at radius 1 is 1.29 bits per heavy atom. The SMILES string of the molecule is O=C(N[C@H]1COC[C@H]1Cc1ccncc1)C1CCNCC1. The molecule has 1 aromatic rings. The van der Waals surface area contributed by atoms with Crippen LogP contribution in [-0.2, 0) is 16.0 Å². The maximum absolute atomic E-state index is 12.3. The van der Waals surface area contributed by atoms with E-state index < -0.39 is 0 Å². The van der Waals surface area contributed by atoms with Crippen LogP contribution < -0.4 is 10.6 Å². The Morgan fingerprint density at radius 3 is 2.81 bits per heavy atom. The highest BCUT2D eigenvalue weighted by Crippen LogP contribution is 2.20. The lowest BCUT2D eigenvalue weighted by Gasteiger charge is -2.25. The number of pyridine rings is 1. The van der Waals surface area contributed by atoms with Gasteiger partial charge in [0.15, 0.2) is 0 Å². The minimum Gasteiger partial charge on any atom is -0.379 e. The van der Waals surface area contributed by atoms with E-state index in [1.807, 2.05) is 24.5 Å². The molecule has 2 N–H and O–H groups in total. The number of ether oxygens (including phenoxy) is 1. The van der Waals surface area contributed by atoms with Gasteiger partial charge in [-0.1, -0.05) is 0 Å². The maximum Gasteiger partial charge on any atom is 0.223 e. The highest BCUT2D eigenvalue weighted by Gasteiger charge is 2.31. The first kappa shape index (κ1) is 14.5. The lowest BCUT2D eigenvalue weighted by Crippen LogP contribution is -2.45. The number of nitrogens with one attached hydrogen (secondary N) is 2. The van der Waals surface area contributed by atoms with Gasteiger partial charge in [-0.3, -0.25) is 9.78 Å². The van der Waals surface area contributed by atoms with E-state index in [2.05, 4.69) is 15.6 Å². The third-order valence-electron chi connectivity index (χ3n) is 4.48. The molecule has 0 bridgehead atoms. The molecule has 114 valence electrons. The number of hydrogen-bond donors (Lipinski definition) is 2. The Labute approximate surface area is 125 Å². The van der Waals surface area contributed by atoms with Gasteiger partial charge in [-0.05, 0) is 50.0 Å². The van der Waals surface area contributed by atoms with Gasteiger partial charge in [0.25, 0.3) is 0 Å². The summed E-state index contributed by atoms with van der Waals surface area (Å²) >= 11 is 0. The summed E-state index contributed by atoms with van der Waals surface area (Å²) in [5, 5.41) is 6.51. The summed E-state index contributed by atoms with van der Waals surface area (Å²) in [5.74, 6) is 0.721. The molecule has 2 fully saturated rings. The third-order valence-corrected chi connectivity index (χ3v) is 4.48. The van der Waals surface area contributed by atoms with Crippen LogP contribution >= 0.6 is 0 Å². The normalized spacial score (nSPS) is 26.7. The minimum atomic E-state index is 0.139. The first-order chi connectivity index (χ1) is 10.3. The van der Waals surface area contributed by atoms with Gasteiger partial charge >= 0.3 is 0 Å². The smallest absolute Gasteiger partial charge is 0.223 e. The maximum atomic E-state index is 12.3. The topological polar surface area (TPSA) is 63.2 Å². The average Bonchev–Trinajstić information content (AvgIpc) is 2.96. The molecule has 0 aromatic carbocycles. The quantitative estimate of drug-likeness (QED) is 0.859. The Bertz CT molecular complexity index is 460. The van der Waals surface area contributed by atoms with E-state index in [4.69, 9.17) is 4.74 Å². The molecule has 1 amide bonds. The molecule has 2 aliphatic heterocycles. The van der Waals surface area contributed by atoms with Crippen LogP contribution in [0, 0.1) is 11.8 Å². The van der Waals surface area contributed by atoms with E-state index >= 15 is 0 Å². The second-order valence-corrected chi connectivity index (χ2v) is 6.00. The summed E-state index contributed by atoms with van der Waals surface area (Å²) in [6.07, 6.45) is 6.43. The van der Waals surface area contributed by atoms with Crippen LogP contribution in [0.25, 0.3) is 0 Å². The number of amides is 1. The van der Waals surface area contributed by atoms with E-state index in [1.54, 1.807) is 0 Å². The molecular weight excluding hydrogens is 266 g/mol. The van der Waals surface area contributed by atoms with Crippen LogP contribution in [0.4, 0.5) is 0 Å². The van der Waals surface area contributed by atoms with Crippen LogP contribution in [-0.4, -0.2) is 43.2 Å². The standard InChI is InChI=1S/C16H23N3O2/c20-16(13-3-7-18-8-4-13)19-15-11-21-10-14(15)9-12-1-5-17-6-2-12/h1-2,5-6,13-15,18H,3-4,7-11H2,(H,19,20)/t14-,15+/m1/s1. The molecule has 2 aliphatic rings. The molecule has 0 radical (unpaired) electrons. The summed E-state index contributed by atoms with van der Waals surface area (Å²) in [7, 11) is 0. The monoisotopic (exact) mass is 289 g/mol. The van der Waals surface area contributed by atoms with Gasteiger partial charge in [0.1, 0.15) is 0 Å². The van der Waals surface area contributed by atoms with Crippen molar-refractivity contribution in [2.24, 2.45) is 11.8 Å². The van der Waals surface area contributed by atoms with E-state index in [9.17, 15) is 4.79 Å². The number of nitrogens with zero attached hydrogens (tertiary/aromatic N) is 1. The van der Waals surface area contributed by atoms with E-state index in [0.717, 1.165) is 39.0 Å². The highest BCUT2D eigenvalue weighted by molar-refractivity contribution is 5.79. The molecule has 0 saturated carbocycles. The molecule has 0 spiro atoms. The summed E-state index contributed by atoms with van der Waals surface area (Å²) in [4.78, 5) is 16.4. The fourth-order valence-corrected chi connectivity index (χ4v) is 3.17. The van der Waals surface area contributed by atoms with Crippen molar-refractivity contribution in [3.05, 3.63) is 30.1 Å². The van der Waals surface area contributed by atoms with Gasteiger partial charge in [-0.2, -0.15) is 0 Å². The second-order valence-electron chi connectivity index (χ2n) is 6.00. The fraction of sp³-hybridized carbons (Fsp3) is 0.625. The first-order valence-electron chi connectivity index (χ1n) is 7.80. The number of hydrogen-bond acceptors (Lipinski definition) is 4. The Hall–Kier alpha value is -1.46. The van der Waals surface area contributed by atoms with E-state index in [1.165, 1.54) is 5.56 Å². The molecule has 1 aromatic heterocycles. The molecular formula is C16H23N3O2. The molecule has 5 nitrogen and oxygen atoms in total. The van der Waals surface area contributed by atoms with Crippen LogP contribution in [0.5, 0.6) is 0 Å². The highest BCUT2D eigenvalue weighted by atomic mass is 16.5. The van der Waals surface area contributed by atoms with Crippen LogP contribution in [0.15, 0.2) is 24.5 Å². The van der Waals surface area contributed by atoms with Crippen molar-refractivity contribution in [2.75, 3.05) is 26.3 Å². The van der Waals surface area contributed by atoms with Crippen molar-refractivity contribution in [1.82, 2.24) is 15.6 Å². The van der Waals surface area contributed by atoms with Gasteiger partial charge in [-0.15, -0.1) is 0 Å². The van der Waals surface area contributed by atoms with Gasteiger partial charge in [0.05, 0.1) is 19.3 Å². The Balaban J connectivity index is 1.55. The second kappa shape index (κ2) is 7.00. The first-order valence-corrected chi connectivity index (χ1v) is 7.80. The number of aromatic nitrogens is 1. The summed E-state index contributed by atoms with van der Waals surface area (Å²) in [5.41, 5.74) is 1.25. The molecule has 2 atom stereocenters. The zero-order valence-electron chi connectivity index (χ0n) is 12.3. The van der Waals surface area contributed by atoms with Crippen molar-refractivity contribution < 1.29 is 9.53 Å². The summed E-state index contributed by atoms with van der Waals surface area (Å²) in [6, 6.07) is 4.20. The zero-order valence-corrected chi connectivity index (χ0v) is 12.3. The zero-order chi connectivity index (χ0) is 14.5. The number of piperidine rings is 1. The van der Waals surface area contributed by atoms with Crippen molar-refractivity contribution in [3.63, 3.8) is 0 Å². The van der Waals surface area contributed by atoms with Gasteiger partial charge in [0.2, 0.25) is 5.91 Å². The van der Waals surface area contributed by atoms with Crippen molar-refractivity contribution >= 4 is 5.91 Å². The van der Waals surface area contributed by atoms with Crippen LogP contribution in [0.2, 0.25) is 0 Å². The predicted molar refractivity (Wildman–Crippen MR) is 79.8 cm³/mol. The van der Waals surface area contributed by atoms with Gasteiger partial charge in [-0.25, -0.2) is 0 Å². The molecule has 21 heavy (non-hydrogen) atoms. The molecule has 5 heteroatoms. The summed E-state index contributed by atoms with van der Waals surface area (Å²) in [6.45, 7) is 3.24. The molecule has 3 heterocycles. The number of carbonyl (C=O) groups excluding carboxylic acids is 1. The van der Waals surface area contributed by atoms with Gasteiger partial charge < -0.3 is 15.4 Å². The van der Waals surface area contributed by atoms with Crippen molar-refractivity contribution in [2.45, 2.75) is 25.3 Å². The Kier molecular flexibility index (Phi) is 4.83. The summed E-state index contributed by atoms with van der Waals surface area (Å²) < 4.78 is 5.59. The van der Waals surface area contributed by atoms with Gasteiger partial charge in [0, 0.05) is 24.2 Å².